The molecule has 2 nitrogen and oxygen atoms in total. The third kappa shape index (κ3) is 2.49. The summed E-state index contributed by atoms with van der Waals surface area (Å²) in [7, 11) is 0. The fourth-order valence-electron chi connectivity index (χ4n) is 4.86. The zero-order valence-corrected chi connectivity index (χ0v) is 14.2. The first-order chi connectivity index (χ1) is 11.9. The summed E-state index contributed by atoms with van der Waals surface area (Å²) >= 11 is 0. The third-order valence-electron chi connectivity index (χ3n) is 6.25. The predicted molar refractivity (Wildman–Crippen MR) is 96.2 cm³/mol. The molecule has 24 heavy (non-hydrogen) atoms. The summed E-state index contributed by atoms with van der Waals surface area (Å²) in [5.41, 5.74) is 5.69. The summed E-state index contributed by atoms with van der Waals surface area (Å²) in [6.07, 6.45) is 5.34. The number of piperidine rings is 3. The van der Waals surface area contributed by atoms with Crippen molar-refractivity contribution < 1.29 is 4.74 Å². The summed E-state index contributed by atoms with van der Waals surface area (Å²) in [6, 6.07) is 17.8. The van der Waals surface area contributed by atoms with Crippen LogP contribution in [0.3, 0.4) is 0 Å². The van der Waals surface area contributed by atoms with Crippen LogP contribution in [-0.4, -0.2) is 30.6 Å². The average Bonchev–Trinajstić information content (AvgIpc) is 2.81. The number of hydrogen-bond donors (Lipinski definition) is 0. The van der Waals surface area contributed by atoms with Gasteiger partial charge in [-0.3, -0.25) is 0 Å². The van der Waals surface area contributed by atoms with Gasteiger partial charge in [0.1, 0.15) is 6.10 Å². The second-order valence-corrected chi connectivity index (χ2v) is 7.59. The van der Waals surface area contributed by atoms with E-state index in [0.717, 1.165) is 25.3 Å². The molecule has 0 radical (unpaired) electrons. The van der Waals surface area contributed by atoms with Gasteiger partial charge in [-0.05, 0) is 66.9 Å². The minimum Gasteiger partial charge on any atom is -0.364 e. The Morgan fingerprint density at radius 2 is 1.38 bits per heavy atom. The second-order valence-electron chi connectivity index (χ2n) is 7.59. The van der Waals surface area contributed by atoms with Crippen molar-refractivity contribution in [3.8, 4) is 0 Å². The summed E-state index contributed by atoms with van der Waals surface area (Å²) in [5, 5.41) is 0. The van der Waals surface area contributed by atoms with Crippen LogP contribution in [0.5, 0.6) is 0 Å². The van der Waals surface area contributed by atoms with Crippen molar-refractivity contribution in [2.75, 3.05) is 19.6 Å². The van der Waals surface area contributed by atoms with Crippen LogP contribution in [0.4, 0.5) is 0 Å². The maximum absolute atomic E-state index is 6.86. The molecule has 0 aromatic heterocycles. The van der Waals surface area contributed by atoms with Crippen LogP contribution in [0.2, 0.25) is 0 Å². The molecule has 0 saturated carbocycles. The maximum Gasteiger partial charge on any atom is 0.109 e. The van der Waals surface area contributed by atoms with Gasteiger partial charge >= 0.3 is 0 Å². The summed E-state index contributed by atoms with van der Waals surface area (Å²) in [6.45, 7) is 3.65. The number of rotatable bonds is 2. The van der Waals surface area contributed by atoms with E-state index in [-0.39, 0.29) is 6.10 Å². The molecule has 0 amide bonds. The van der Waals surface area contributed by atoms with Crippen molar-refractivity contribution in [1.29, 1.82) is 0 Å². The molecule has 3 fully saturated rings. The molecule has 0 N–H and O–H groups in total. The highest BCUT2D eigenvalue weighted by Gasteiger charge is 2.37. The van der Waals surface area contributed by atoms with E-state index in [1.165, 1.54) is 48.2 Å². The van der Waals surface area contributed by atoms with Crippen LogP contribution < -0.4 is 0 Å². The van der Waals surface area contributed by atoms with E-state index in [9.17, 15) is 0 Å². The molecule has 6 rings (SSSR count). The van der Waals surface area contributed by atoms with Crippen molar-refractivity contribution in [2.24, 2.45) is 5.92 Å². The first-order valence-corrected chi connectivity index (χ1v) is 9.42. The largest absolute Gasteiger partial charge is 0.364 e. The molecule has 1 atom stereocenters. The van der Waals surface area contributed by atoms with E-state index in [2.05, 4.69) is 53.4 Å². The third-order valence-corrected chi connectivity index (χ3v) is 6.25. The molecule has 2 bridgehead atoms. The Hall–Kier alpha value is -1.64. The van der Waals surface area contributed by atoms with Gasteiger partial charge in [0.25, 0.3) is 0 Å². The number of aryl methyl sites for hydroxylation is 2. The summed E-state index contributed by atoms with van der Waals surface area (Å²) in [5.74, 6) is 0.748. The highest BCUT2D eigenvalue weighted by molar-refractivity contribution is 5.43. The van der Waals surface area contributed by atoms with Gasteiger partial charge in [0.2, 0.25) is 0 Å². The predicted octanol–water partition coefficient (Wildman–Crippen LogP) is 3.99. The van der Waals surface area contributed by atoms with Gasteiger partial charge in [0.15, 0.2) is 0 Å². The topological polar surface area (TPSA) is 12.5 Å². The Kier molecular flexibility index (Phi) is 3.68. The van der Waals surface area contributed by atoms with Crippen molar-refractivity contribution in [3.05, 3.63) is 70.8 Å². The molecule has 1 unspecified atom stereocenters. The molecule has 3 heterocycles. The summed E-state index contributed by atoms with van der Waals surface area (Å²) in [4.78, 5) is 2.58. The van der Waals surface area contributed by atoms with Crippen molar-refractivity contribution in [1.82, 2.24) is 4.90 Å². The fraction of sp³-hybridized carbons (Fsp3) is 0.455. The molecule has 124 valence electrons. The first-order valence-electron chi connectivity index (χ1n) is 9.42. The summed E-state index contributed by atoms with van der Waals surface area (Å²) < 4.78 is 6.86. The van der Waals surface area contributed by atoms with Crippen LogP contribution in [-0.2, 0) is 17.6 Å². The van der Waals surface area contributed by atoms with Gasteiger partial charge < -0.3 is 9.64 Å². The molecular formula is C22H25NO. The molecule has 2 heteroatoms. The normalized spacial score (nSPS) is 28.9. The maximum atomic E-state index is 6.86. The van der Waals surface area contributed by atoms with Gasteiger partial charge in [-0.2, -0.15) is 0 Å². The first kappa shape index (κ1) is 14.7. The number of nitrogens with zero attached hydrogens (tertiary/aromatic N) is 1. The SMILES string of the molecule is c1ccc2c(c1)CCc1ccccc1C2OC1CN2CCC1CC2. The second kappa shape index (κ2) is 6.02. The fourth-order valence-corrected chi connectivity index (χ4v) is 4.86. The van der Waals surface area contributed by atoms with E-state index in [0.29, 0.717) is 6.10 Å². The molecule has 3 saturated heterocycles. The van der Waals surface area contributed by atoms with E-state index in [1.54, 1.807) is 0 Å². The smallest absolute Gasteiger partial charge is 0.109 e. The number of fused-ring (bicyclic) bond motifs is 5. The molecule has 4 aliphatic rings. The van der Waals surface area contributed by atoms with E-state index in [4.69, 9.17) is 4.74 Å². The Bertz CT molecular complexity index is 685. The van der Waals surface area contributed by atoms with Gasteiger partial charge in [-0.25, -0.2) is 0 Å². The van der Waals surface area contributed by atoms with E-state index < -0.39 is 0 Å². The van der Waals surface area contributed by atoms with Gasteiger partial charge in [-0.1, -0.05) is 48.5 Å². The monoisotopic (exact) mass is 319 g/mol. The molecule has 1 aliphatic carbocycles. The lowest BCUT2D eigenvalue weighted by atomic mass is 9.85. The number of hydrogen-bond acceptors (Lipinski definition) is 2. The van der Waals surface area contributed by atoms with Gasteiger partial charge in [0.05, 0.1) is 6.10 Å². The minimum absolute atomic E-state index is 0.102. The average molecular weight is 319 g/mol. The lowest BCUT2D eigenvalue weighted by Gasteiger charge is -2.45. The van der Waals surface area contributed by atoms with Crippen LogP contribution in [0.25, 0.3) is 0 Å². The highest BCUT2D eigenvalue weighted by atomic mass is 16.5. The standard InChI is InChI=1S/C22H25NO/c1-3-7-19-16(5-1)9-10-17-6-2-4-8-20(17)22(19)24-21-15-23-13-11-18(21)12-14-23/h1-8,18,21-22H,9-15H2. The Labute approximate surface area is 144 Å². The number of benzene rings is 2. The lowest BCUT2D eigenvalue weighted by Crippen LogP contribution is -2.51. The zero-order chi connectivity index (χ0) is 15.9. The van der Waals surface area contributed by atoms with Crippen LogP contribution in [0.15, 0.2) is 48.5 Å². The van der Waals surface area contributed by atoms with Crippen molar-refractivity contribution in [3.63, 3.8) is 0 Å². The Morgan fingerprint density at radius 1 is 0.792 bits per heavy atom. The molecule has 2 aromatic carbocycles. The highest BCUT2D eigenvalue weighted by Crippen LogP contribution is 2.39. The minimum atomic E-state index is 0.102. The van der Waals surface area contributed by atoms with Crippen molar-refractivity contribution in [2.45, 2.75) is 37.9 Å². The Balaban J connectivity index is 1.54. The van der Waals surface area contributed by atoms with Crippen LogP contribution in [0, 0.1) is 5.92 Å². The van der Waals surface area contributed by atoms with Crippen molar-refractivity contribution >= 4 is 0 Å². The zero-order valence-electron chi connectivity index (χ0n) is 14.2. The van der Waals surface area contributed by atoms with E-state index in [1.807, 2.05) is 0 Å². The van der Waals surface area contributed by atoms with Gasteiger partial charge in [0, 0.05) is 6.54 Å². The molecular weight excluding hydrogens is 294 g/mol. The van der Waals surface area contributed by atoms with Gasteiger partial charge in [-0.15, -0.1) is 0 Å². The quantitative estimate of drug-likeness (QED) is 0.830. The molecule has 0 spiro atoms. The van der Waals surface area contributed by atoms with Crippen LogP contribution in [0.1, 0.15) is 41.2 Å². The Morgan fingerprint density at radius 3 is 1.92 bits per heavy atom. The lowest BCUT2D eigenvalue weighted by molar-refractivity contribution is -0.0928. The molecule has 2 aromatic rings. The van der Waals surface area contributed by atoms with E-state index >= 15 is 0 Å². The number of ether oxygens (including phenoxy) is 1. The van der Waals surface area contributed by atoms with Crippen LogP contribution >= 0.6 is 0 Å². The molecule has 3 aliphatic heterocycles.